The van der Waals surface area contributed by atoms with Crippen molar-refractivity contribution in [2.45, 2.75) is 33.6 Å². The van der Waals surface area contributed by atoms with Crippen molar-refractivity contribution >= 4 is 29.1 Å². The molecule has 0 aliphatic carbocycles. The highest BCUT2D eigenvalue weighted by Gasteiger charge is 2.30. The van der Waals surface area contributed by atoms with E-state index >= 15 is 0 Å². The predicted molar refractivity (Wildman–Crippen MR) is 98.9 cm³/mol. The van der Waals surface area contributed by atoms with Crippen LogP contribution in [0.3, 0.4) is 0 Å². The highest BCUT2D eigenvalue weighted by molar-refractivity contribution is 6.40. The first-order valence-corrected chi connectivity index (χ1v) is 8.89. The Bertz CT molecular complexity index is 779. The molecule has 0 saturated carbocycles. The lowest BCUT2D eigenvalue weighted by atomic mass is 10.1. The van der Waals surface area contributed by atoms with Crippen LogP contribution < -0.4 is 5.01 Å². The number of nitrogens with zero attached hydrogens (tertiary/aromatic N) is 4. The van der Waals surface area contributed by atoms with Crippen LogP contribution in [0.15, 0.2) is 23.3 Å². The molecule has 0 N–H and O–H groups in total. The Morgan fingerprint density at radius 3 is 2.31 bits per heavy atom. The molecule has 7 nitrogen and oxygen atoms in total. The van der Waals surface area contributed by atoms with Gasteiger partial charge in [-0.3, -0.25) is 14.4 Å². The van der Waals surface area contributed by atoms with Crippen LogP contribution in [0.2, 0.25) is 0 Å². The van der Waals surface area contributed by atoms with Crippen molar-refractivity contribution in [2.24, 2.45) is 5.10 Å². The highest BCUT2D eigenvalue weighted by Crippen LogP contribution is 2.25. The monoisotopic (exact) mass is 356 g/mol. The summed E-state index contributed by atoms with van der Waals surface area (Å²) in [6, 6.07) is 5.85. The van der Waals surface area contributed by atoms with Crippen LogP contribution in [-0.2, 0) is 14.4 Å². The fourth-order valence-corrected chi connectivity index (χ4v) is 3.25. The maximum absolute atomic E-state index is 12.8. The molecule has 2 aliphatic heterocycles. The molecule has 0 atom stereocenters. The summed E-state index contributed by atoms with van der Waals surface area (Å²) in [6.45, 7) is 7.48. The van der Waals surface area contributed by atoms with Gasteiger partial charge in [0.2, 0.25) is 11.8 Å². The quantitative estimate of drug-likeness (QED) is 0.806. The number of rotatable bonds is 2. The van der Waals surface area contributed by atoms with E-state index in [1.54, 1.807) is 9.80 Å². The third-order valence-corrected chi connectivity index (χ3v) is 4.88. The van der Waals surface area contributed by atoms with E-state index in [2.05, 4.69) is 5.10 Å². The second-order valence-electron chi connectivity index (χ2n) is 6.84. The van der Waals surface area contributed by atoms with Gasteiger partial charge < -0.3 is 9.80 Å². The molecule has 1 aromatic rings. The lowest BCUT2D eigenvalue weighted by Gasteiger charge is -2.35. The predicted octanol–water partition coefficient (Wildman–Crippen LogP) is 1.48. The summed E-state index contributed by atoms with van der Waals surface area (Å²) >= 11 is 0. The Morgan fingerprint density at radius 2 is 1.65 bits per heavy atom. The van der Waals surface area contributed by atoms with Gasteiger partial charge in [-0.2, -0.15) is 5.10 Å². The maximum Gasteiger partial charge on any atom is 0.270 e. The molecule has 26 heavy (non-hydrogen) atoms. The van der Waals surface area contributed by atoms with Crippen molar-refractivity contribution in [3.8, 4) is 0 Å². The smallest absolute Gasteiger partial charge is 0.270 e. The molecule has 1 fully saturated rings. The summed E-state index contributed by atoms with van der Waals surface area (Å²) in [6.07, 6.45) is 0.622. The zero-order valence-corrected chi connectivity index (χ0v) is 15.5. The first kappa shape index (κ1) is 18.1. The topological polar surface area (TPSA) is 73.3 Å². The van der Waals surface area contributed by atoms with Crippen LogP contribution in [-0.4, -0.2) is 59.4 Å². The minimum absolute atomic E-state index is 0.0267. The third kappa shape index (κ3) is 3.61. The second kappa shape index (κ2) is 7.27. The van der Waals surface area contributed by atoms with Gasteiger partial charge in [0.1, 0.15) is 5.71 Å². The van der Waals surface area contributed by atoms with E-state index in [1.165, 1.54) is 11.9 Å². The van der Waals surface area contributed by atoms with E-state index < -0.39 is 0 Å². The van der Waals surface area contributed by atoms with Crippen LogP contribution in [0.1, 0.15) is 30.9 Å². The largest absolute Gasteiger partial charge is 0.339 e. The van der Waals surface area contributed by atoms with E-state index in [9.17, 15) is 14.4 Å². The minimum Gasteiger partial charge on any atom is -0.339 e. The lowest BCUT2D eigenvalue weighted by Crippen LogP contribution is -2.52. The molecule has 3 rings (SSSR count). The van der Waals surface area contributed by atoms with Crippen LogP contribution in [0.25, 0.3) is 0 Å². The average Bonchev–Trinajstić information content (AvgIpc) is 2.64. The van der Waals surface area contributed by atoms with E-state index in [0.717, 1.165) is 16.8 Å². The van der Waals surface area contributed by atoms with E-state index in [4.69, 9.17) is 0 Å². The molecule has 2 aliphatic rings. The van der Waals surface area contributed by atoms with Crippen molar-refractivity contribution < 1.29 is 14.4 Å². The fourth-order valence-electron chi connectivity index (χ4n) is 3.25. The number of anilines is 1. The van der Waals surface area contributed by atoms with E-state index in [1.807, 2.05) is 32.0 Å². The molecule has 7 heteroatoms. The Labute approximate surface area is 153 Å². The van der Waals surface area contributed by atoms with Crippen molar-refractivity contribution in [3.05, 3.63) is 29.3 Å². The number of aryl methyl sites for hydroxylation is 2. The molecule has 3 amide bonds. The summed E-state index contributed by atoms with van der Waals surface area (Å²) < 4.78 is 0. The van der Waals surface area contributed by atoms with Crippen LogP contribution in [0, 0.1) is 13.8 Å². The molecule has 1 aromatic carbocycles. The summed E-state index contributed by atoms with van der Waals surface area (Å²) in [7, 11) is 0. The Morgan fingerprint density at radius 1 is 1.00 bits per heavy atom. The van der Waals surface area contributed by atoms with Gasteiger partial charge in [-0.15, -0.1) is 0 Å². The highest BCUT2D eigenvalue weighted by atomic mass is 16.2. The first-order chi connectivity index (χ1) is 12.4. The first-order valence-electron chi connectivity index (χ1n) is 8.89. The molecule has 0 aromatic heterocycles. The molecule has 1 saturated heterocycles. The van der Waals surface area contributed by atoms with Gasteiger partial charge >= 0.3 is 0 Å². The summed E-state index contributed by atoms with van der Waals surface area (Å²) in [5.41, 5.74) is 3.10. The van der Waals surface area contributed by atoms with Gasteiger partial charge in [-0.1, -0.05) is 12.1 Å². The van der Waals surface area contributed by atoms with E-state index in [0.29, 0.717) is 38.3 Å². The van der Waals surface area contributed by atoms with Gasteiger partial charge in [0.05, 0.1) is 5.69 Å². The van der Waals surface area contributed by atoms with E-state index in [-0.39, 0.29) is 24.1 Å². The number of hydrogen-bond donors (Lipinski definition) is 0. The number of hydrazone groups is 1. The van der Waals surface area contributed by atoms with Crippen LogP contribution >= 0.6 is 0 Å². The second-order valence-corrected chi connectivity index (χ2v) is 6.84. The van der Waals surface area contributed by atoms with Gasteiger partial charge in [0, 0.05) is 45.9 Å². The Kier molecular flexibility index (Phi) is 5.06. The molecule has 0 radical (unpaired) electrons. The molecule has 0 bridgehead atoms. The van der Waals surface area contributed by atoms with Gasteiger partial charge in [0.15, 0.2) is 0 Å². The average molecular weight is 356 g/mol. The number of benzene rings is 1. The Balaban J connectivity index is 1.79. The molecule has 0 unspecified atom stereocenters. The number of carbonyl (C=O) groups excluding carboxylic acids is 3. The van der Waals surface area contributed by atoms with Gasteiger partial charge in [0.25, 0.3) is 5.91 Å². The van der Waals surface area contributed by atoms with Gasteiger partial charge in [-0.05, 0) is 31.0 Å². The van der Waals surface area contributed by atoms with Crippen molar-refractivity contribution in [2.75, 3.05) is 31.2 Å². The minimum atomic E-state index is -0.143. The standard InChI is InChI=1S/C19H24N4O3/c1-13-4-5-14(2)17(12-13)23-18(25)7-6-16(20-23)19(26)22-10-8-21(9-11-22)15(3)24/h4-5,12H,6-11H2,1-3H3. The zero-order valence-electron chi connectivity index (χ0n) is 15.5. The SMILES string of the molecule is CC(=O)N1CCN(C(=O)C2=NN(c3cc(C)ccc3C)C(=O)CC2)CC1. The van der Waals surface area contributed by atoms with Crippen molar-refractivity contribution in [1.29, 1.82) is 0 Å². The fraction of sp³-hybridized carbons (Fsp3) is 0.474. The molecule has 2 heterocycles. The number of amides is 3. The number of hydrogen-bond acceptors (Lipinski definition) is 4. The van der Waals surface area contributed by atoms with Crippen molar-refractivity contribution in [3.63, 3.8) is 0 Å². The molecular formula is C19H24N4O3. The molecule has 138 valence electrons. The third-order valence-electron chi connectivity index (χ3n) is 4.88. The number of carbonyl (C=O) groups is 3. The normalized spacial score (nSPS) is 18.0. The summed E-state index contributed by atoms with van der Waals surface area (Å²) in [5, 5.41) is 5.76. The zero-order chi connectivity index (χ0) is 18.8. The summed E-state index contributed by atoms with van der Waals surface area (Å²) in [5.74, 6) is -0.216. The summed E-state index contributed by atoms with van der Waals surface area (Å²) in [4.78, 5) is 40.1. The van der Waals surface area contributed by atoms with Crippen LogP contribution in [0.5, 0.6) is 0 Å². The molecular weight excluding hydrogens is 332 g/mol. The van der Waals surface area contributed by atoms with Crippen molar-refractivity contribution in [1.82, 2.24) is 9.80 Å². The Hall–Kier alpha value is -2.70. The maximum atomic E-state index is 12.8. The molecule has 0 spiro atoms. The lowest BCUT2D eigenvalue weighted by molar-refractivity contribution is -0.135. The van der Waals surface area contributed by atoms with Crippen LogP contribution in [0.4, 0.5) is 5.69 Å². The van der Waals surface area contributed by atoms with Gasteiger partial charge in [-0.25, -0.2) is 5.01 Å². The number of piperazine rings is 1.